The number of aromatic nitrogens is 2. The summed E-state index contributed by atoms with van der Waals surface area (Å²) < 4.78 is 16.7. The molecule has 258 valence electrons. The third-order valence-electron chi connectivity index (χ3n) is 7.97. The second-order valence-corrected chi connectivity index (χ2v) is 14.7. The molecule has 1 aromatic carbocycles. The van der Waals surface area contributed by atoms with Gasteiger partial charge in [-0.2, -0.15) is 4.98 Å². The zero-order valence-electron chi connectivity index (χ0n) is 29.0. The fourth-order valence-electron chi connectivity index (χ4n) is 5.60. The quantitative estimate of drug-likeness (QED) is 0.421. The summed E-state index contributed by atoms with van der Waals surface area (Å²) in [5.41, 5.74) is -0.639. The smallest absolute Gasteiger partial charge is 0.410 e. The van der Waals surface area contributed by atoms with Gasteiger partial charge in [0, 0.05) is 38.1 Å². The summed E-state index contributed by atoms with van der Waals surface area (Å²) in [6.45, 7) is 17.2. The van der Waals surface area contributed by atoms with Crippen LogP contribution in [0.2, 0.25) is 0 Å². The number of amides is 4. The maximum absolute atomic E-state index is 14.0. The average Bonchev–Trinajstić information content (AvgIpc) is 3.69. The highest BCUT2D eigenvalue weighted by atomic mass is 16.6. The zero-order chi connectivity index (χ0) is 34.5. The Morgan fingerprint density at radius 3 is 2.26 bits per heavy atom. The van der Waals surface area contributed by atoms with Crippen molar-refractivity contribution in [3.05, 3.63) is 41.5 Å². The molecule has 0 spiro atoms. The molecule has 13 heteroatoms. The highest BCUT2D eigenvalue weighted by Gasteiger charge is 2.41. The van der Waals surface area contributed by atoms with Gasteiger partial charge in [0.1, 0.15) is 23.4 Å². The van der Waals surface area contributed by atoms with Crippen molar-refractivity contribution in [2.24, 2.45) is 5.92 Å². The molecule has 0 unspecified atom stereocenters. The Morgan fingerprint density at radius 2 is 1.64 bits per heavy atom. The maximum Gasteiger partial charge on any atom is 0.410 e. The normalized spacial score (nSPS) is 17.9. The van der Waals surface area contributed by atoms with Gasteiger partial charge in [0.15, 0.2) is 6.61 Å². The van der Waals surface area contributed by atoms with Crippen molar-refractivity contribution in [1.29, 1.82) is 0 Å². The summed E-state index contributed by atoms with van der Waals surface area (Å²) >= 11 is 0. The molecular formula is C34H50N6O7. The van der Waals surface area contributed by atoms with Crippen LogP contribution in [0, 0.1) is 5.92 Å². The van der Waals surface area contributed by atoms with Gasteiger partial charge in [-0.3, -0.25) is 14.4 Å². The molecule has 13 nitrogen and oxygen atoms in total. The van der Waals surface area contributed by atoms with Gasteiger partial charge in [0.25, 0.3) is 5.91 Å². The van der Waals surface area contributed by atoms with Crippen molar-refractivity contribution in [3.8, 4) is 5.75 Å². The number of ether oxygens (including phenoxy) is 2. The van der Waals surface area contributed by atoms with Crippen molar-refractivity contribution in [2.45, 2.75) is 104 Å². The standard InChI is InChI=1S/C34H50N6O7/c1-22(2)20-24(35-28(41)23-12-9-10-14-26(23)45-21-27-36-31(47-37-27)33(3,4)5)29(42)40-15-11-13-25(40)30(43)38-16-18-39(19-17-38)32(44)46-34(6,7)8/h9-10,12,14,22,24-25H,11,13,15-21H2,1-8H3,(H,35,41)/t24-,25-/m1/s1. The van der Waals surface area contributed by atoms with E-state index in [1.165, 1.54) is 0 Å². The summed E-state index contributed by atoms with van der Waals surface area (Å²) in [5, 5.41) is 6.92. The number of nitrogens with one attached hydrogen (secondary N) is 1. The number of hydrogen-bond donors (Lipinski definition) is 1. The van der Waals surface area contributed by atoms with Gasteiger partial charge < -0.3 is 34.0 Å². The summed E-state index contributed by atoms with van der Waals surface area (Å²) in [6.07, 6.45) is 1.23. The molecule has 0 radical (unpaired) electrons. The van der Waals surface area contributed by atoms with Gasteiger partial charge in [-0.25, -0.2) is 4.79 Å². The van der Waals surface area contributed by atoms with E-state index in [9.17, 15) is 19.2 Å². The molecule has 0 bridgehead atoms. The highest BCUT2D eigenvalue weighted by molar-refractivity contribution is 6.00. The Bertz CT molecular complexity index is 1420. The van der Waals surface area contributed by atoms with Crippen molar-refractivity contribution >= 4 is 23.8 Å². The Morgan fingerprint density at radius 1 is 0.979 bits per heavy atom. The summed E-state index contributed by atoms with van der Waals surface area (Å²) in [4.78, 5) is 63.1. The lowest BCUT2D eigenvalue weighted by atomic mass is 9.97. The fourth-order valence-corrected chi connectivity index (χ4v) is 5.60. The zero-order valence-corrected chi connectivity index (χ0v) is 29.0. The molecule has 2 aliphatic rings. The van der Waals surface area contributed by atoms with Gasteiger partial charge in [-0.1, -0.05) is 51.9 Å². The number of piperazine rings is 1. The molecule has 1 aromatic heterocycles. The predicted molar refractivity (Wildman–Crippen MR) is 174 cm³/mol. The summed E-state index contributed by atoms with van der Waals surface area (Å²) in [7, 11) is 0. The van der Waals surface area contributed by atoms with E-state index in [-0.39, 0.29) is 35.3 Å². The number of nitrogens with zero attached hydrogens (tertiary/aromatic N) is 5. The van der Waals surface area contributed by atoms with Crippen LogP contribution < -0.4 is 10.1 Å². The molecule has 2 saturated heterocycles. The second-order valence-electron chi connectivity index (χ2n) is 14.7. The minimum absolute atomic E-state index is 0.00182. The molecule has 3 heterocycles. The van der Waals surface area contributed by atoms with Crippen LogP contribution in [0.3, 0.4) is 0 Å². The van der Waals surface area contributed by atoms with Crippen LogP contribution in [0.25, 0.3) is 0 Å². The first-order chi connectivity index (χ1) is 22.0. The number of likely N-dealkylation sites (tertiary alicyclic amines) is 1. The Labute approximate surface area is 277 Å². The molecule has 2 aliphatic heterocycles. The van der Waals surface area contributed by atoms with E-state index in [2.05, 4.69) is 15.5 Å². The van der Waals surface area contributed by atoms with Crippen LogP contribution in [0.4, 0.5) is 4.79 Å². The van der Waals surface area contributed by atoms with Gasteiger partial charge in [0.05, 0.1) is 5.56 Å². The van der Waals surface area contributed by atoms with Crippen LogP contribution in [-0.4, -0.2) is 99.1 Å². The molecule has 4 rings (SSSR count). The van der Waals surface area contributed by atoms with Gasteiger partial charge in [-0.15, -0.1) is 0 Å². The lowest BCUT2D eigenvalue weighted by Crippen LogP contribution is -2.57. The van der Waals surface area contributed by atoms with Gasteiger partial charge in [-0.05, 0) is 58.1 Å². The molecule has 47 heavy (non-hydrogen) atoms. The largest absolute Gasteiger partial charge is 0.485 e. The van der Waals surface area contributed by atoms with E-state index in [4.69, 9.17) is 14.0 Å². The van der Waals surface area contributed by atoms with E-state index in [0.29, 0.717) is 69.5 Å². The van der Waals surface area contributed by atoms with Crippen LogP contribution in [0.1, 0.15) is 96.7 Å². The van der Waals surface area contributed by atoms with Crippen LogP contribution >= 0.6 is 0 Å². The summed E-state index contributed by atoms with van der Waals surface area (Å²) in [6, 6.07) is 5.34. The number of carbonyl (C=O) groups excluding carboxylic acids is 4. The van der Waals surface area contributed by atoms with Gasteiger partial charge in [0.2, 0.25) is 23.5 Å². The first-order valence-corrected chi connectivity index (χ1v) is 16.5. The van der Waals surface area contributed by atoms with E-state index < -0.39 is 29.7 Å². The molecule has 1 N–H and O–H groups in total. The first-order valence-electron chi connectivity index (χ1n) is 16.5. The molecular weight excluding hydrogens is 604 g/mol. The number of para-hydroxylation sites is 1. The lowest BCUT2D eigenvalue weighted by molar-refractivity contribution is -0.146. The van der Waals surface area contributed by atoms with Crippen LogP contribution in [0.5, 0.6) is 5.75 Å². The first kappa shape index (κ1) is 35.7. The summed E-state index contributed by atoms with van der Waals surface area (Å²) in [5.74, 6) is 0.391. The molecule has 2 aromatic rings. The lowest BCUT2D eigenvalue weighted by Gasteiger charge is -2.38. The molecule has 0 saturated carbocycles. The minimum atomic E-state index is -0.834. The average molecular weight is 655 g/mol. The van der Waals surface area contributed by atoms with E-state index in [1.807, 2.05) is 55.4 Å². The van der Waals surface area contributed by atoms with Crippen molar-refractivity contribution in [3.63, 3.8) is 0 Å². The van der Waals surface area contributed by atoms with Crippen molar-refractivity contribution in [1.82, 2.24) is 30.2 Å². The number of rotatable bonds is 9. The van der Waals surface area contributed by atoms with Crippen molar-refractivity contribution < 1.29 is 33.2 Å². The topological polar surface area (TPSA) is 147 Å². The third kappa shape index (κ3) is 9.45. The third-order valence-corrected chi connectivity index (χ3v) is 7.97. The predicted octanol–water partition coefficient (Wildman–Crippen LogP) is 4.16. The van der Waals surface area contributed by atoms with Crippen molar-refractivity contribution in [2.75, 3.05) is 32.7 Å². The Hall–Kier alpha value is -4.16. The molecule has 2 fully saturated rings. The molecule has 0 aliphatic carbocycles. The Balaban J connectivity index is 1.41. The fraction of sp³-hybridized carbons (Fsp3) is 0.647. The Kier molecular flexibility index (Phi) is 11.2. The van der Waals surface area contributed by atoms with E-state index in [0.717, 1.165) is 0 Å². The van der Waals surface area contributed by atoms with Crippen LogP contribution in [0.15, 0.2) is 28.8 Å². The van der Waals surface area contributed by atoms with Gasteiger partial charge >= 0.3 is 6.09 Å². The molecule has 2 atom stereocenters. The number of benzene rings is 1. The number of hydrogen-bond acceptors (Lipinski definition) is 9. The SMILES string of the molecule is CC(C)C[C@@H](NC(=O)c1ccccc1OCc1noc(C(C)(C)C)n1)C(=O)N1CCC[C@@H]1C(=O)N1CCN(C(=O)OC(C)(C)C)CC1. The maximum atomic E-state index is 14.0. The second kappa shape index (κ2) is 14.7. The van der Waals surface area contributed by atoms with Crippen LogP contribution in [-0.2, 0) is 26.3 Å². The molecule has 4 amide bonds. The van der Waals surface area contributed by atoms with E-state index >= 15 is 0 Å². The number of carbonyl (C=O) groups is 4. The highest BCUT2D eigenvalue weighted by Crippen LogP contribution is 2.25. The van der Waals surface area contributed by atoms with E-state index in [1.54, 1.807) is 39.0 Å². The monoisotopic (exact) mass is 654 g/mol. The minimum Gasteiger partial charge on any atom is -0.485 e.